The standard InChI is InChI=1S/C45H57N7O18/c1-26(47-37(53)8-5-6-14-68-50(56)57)16-30-10-12-35-44(66-23-62-35)40(30)34-21-31(17-27(2)48-38(54)9-7-15-69-51(58)59)41(45-43(34)65-25-67-45)33-19-29(20-36-42(33)64-24-63-36)18-28(3)49(4)39(55)13-11-32(46)22-70-52(60)61/h10,12,19-21,26-28,32H,5-9,11,13-18,22-25,46H2,1-4H3,(H,47,53)(H,48,54). The zero-order valence-electron chi connectivity index (χ0n) is 39.2. The van der Waals surface area contributed by atoms with E-state index in [1.165, 1.54) is 0 Å². The van der Waals surface area contributed by atoms with Gasteiger partial charge in [-0.1, -0.05) is 6.07 Å². The number of benzene rings is 3. The van der Waals surface area contributed by atoms with Crippen molar-refractivity contribution in [3.8, 4) is 56.8 Å². The van der Waals surface area contributed by atoms with Crippen molar-refractivity contribution in [1.29, 1.82) is 0 Å². The third-order valence-electron chi connectivity index (χ3n) is 11.7. The smallest absolute Gasteiger partial charge is 0.294 e. The Morgan fingerprint density at radius 1 is 0.657 bits per heavy atom. The summed E-state index contributed by atoms with van der Waals surface area (Å²) in [6, 6.07) is 7.41. The van der Waals surface area contributed by atoms with Gasteiger partial charge >= 0.3 is 0 Å². The Morgan fingerprint density at radius 2 is 1.21 bits per heavy atom. The maximum atomic E-state index is 13.3. The molecule has 0 saturated carbocycles. The van der Waals surface area contributed by atoms with Crippen molar-refractivity contribution >= 4 is 17.7 Å². The lowest BCUT2D eigenvalue weighted by Crippen LogP contribution is -2.37. The van der Waals surface area contributed by atoms with E-state index in [0.29, 0.717) is 88.0 Å². The van der Waals surface area contributed by atoms with E-state index in [2.05, 4.69) is 25.1 Å². The number of hydrogen-bond acceptors (Lipinski definition) is 19. The minimum absolute atomic E-state index is 0.0301. The SMILES string of the molecule is CC(Cc1ccc2c(c1-c1cc(CC(C)NC(=O)CCCO[N+](=O)[O-])c(-c3cc(CC(C)N(C)C(=O)CCC(N)CO[N+](=O)[O-])cc4c3OCO4)c3c1OCO3)OCO2)NC(=O)CCCCO[N+](=O)[O-]. The van der Waals surface area contributed by atoms with Gasteiger partial charge in [0.15, 0.2) is 34.5 Å². The average molecular weight is 984 g/mol. The molecule has 0 fully saturated rings. The Morgan fingerprint density at radius 3 is 1.90 bits per heavy atom. The van der Waals surface area contributed by atoms with E-state index < -0.39 is 27.3 Å². The van der Waals surface area contributed by atoms with Crippen molar-refractivity contribution in [1.82, 2.24) is 15.5 Å². The zero-order valence-corrected chi connectivity index (χ0v) is 39.2. The molecule has 0 saturated heterocycles. The fraction of sp³-hybridized carbons (Fsp3) is 0.533. The lowest BCUT2D eigenvalue weighted by Gasteiger charge is -2.26. The largest absolute Gasteiger partial charge is 0.454 e. The first-order valence-corrected chi connectivity index (χ1v) is 22.7. The molecule has 0 spiro atoms. The van der Waals surface area contributed by atoms with Gasteiger partial charge in [0.25, 0.3) is 15.3 Å². The summed E-state index contributed by atoms with van der Waals surface area (Å²) in [6.45, 7) is 4.56. The van der Waals surface area contributed by atoms with Gasteiger partial charge in [0.2, 0.25) is 38.1 Å². The Bertz CT molecular complexity index is 2420. The molecule has 0 bridgehead atoms. The Labute approximate surface area is 401 Å². The van der Waals surface area contributed by atoms with Crippen LogP contribution in [0.1, 0.15) is 82.4 Å². The van der Waals surface area contributed by atoms with Crippen LogP contribution in [0.2, 0.25) is 0 Å². The van der Waals surface area contributed by atoms with Crippen molar-refractivity contribution in [2.45, 2.75) is 109 Å². The zero-order chi connectivity index (χ0) is 50.5. The minimum atomic E-state index is -0.931. The van der Waals surface area contributed by atoms with E-state index in [9.17, 15) is 44.7 Å². The van der Waals surface area contributed by atoms with Crippen molar-refractivity contribution in [2.24, 2.45) is 5.73 Å². The Balaban J connectivity index is 1.36. The molecule has 70 heavy (non-hydrogen) atoms. The topological polar surface area (TPSA) is 317 Å². The normalized spacial score (nSPS) is 14.5. The Hall–Kier alpha value is -7.57. The van der Waals surface area contributed by atoms with Gasteiger partial charge < -0.3 is 64.2 Å². The van der Waals surface area contributed by atoms with Crippen LogP contribution in [0.4, 0.5) is 0 Å². The molecule has 3 heterocycles. The summed E-state index contributed by atoms with van der Waals surface area (Å²) in [5.41, 5.74) is 10.5. The number of carbonyl (C=O) groups excluding carboxylic acids is 3. The van der Waals surface area contributed by atoms with Gasteiger partial charge in [-0.05, 0) is 107 Å². The molecule has 4 N–H and O–H groups in total. The van der Waals surface area contributed by atoms with Gasteiger partial charge in [-0.15, -0.1) is 30.3 Å². The fourth-order valence-corrected chi connectivity index (χ4v) is 8.42. The maximum Gasteiger partial charge on any atom is 0.294 e. The van der Waals surface area contributed by atoms with Crippen molar-refractivity contribution in [3.05, 3.63) is 77.4 Å². The van der Waals surface area contributed by atoms with Gasteiger partial charge in [0.05, 0.1) is 13.2 Å². The summed E-state index contributed by atoms with van der Waals surface area (Å²) in [6.07, 6.45) is 2.07. The number of likely N-dealkylation sites (N-methyl/N-ethyl adjacent to an activating group) is 1. The van der Waals surface area contributed by atoms with Gasteiger partial charge in [0.1, 0.15) is 6.61 Å². The number of unbranched alkanes of at least 4 members (excludes halogenated alkanes) is 1. The molecule has 25 nitrogen and oxygen atoms in total. The number of carbonyl (C=O) groups is 3. The molecule has 0 aliphatic carbocycles. The molecular weight excluding hydrogens is 927 g/mol. The van der Waals surface area contributed by atoms with Crippen LogP contribution in [0.15, 0.2) is 30.3 Å². The number of nitrogens with one attached hydrogen (secondary N) is 2. The van der Waals surface area contributed by atoms with E-state index in [4.69, 9.17) is 34.2 Å². The quantitative estimate of drug-likeness (QED) is 0.0516. The van der Waals surface area contributed by atoms with E-state index in [1.807, 2.05) is 45.0 Å². The number of fused-ring (bicyclic) bond motifs is 3. The lowest BCUT2D eigenvalue weighted by atomic mass is 9.86. The summed E-state index contributed by atoms with van der Waals surface area (Å²) in [5.74, 6) is 1.72. The molecule has 3 aromatic rings. The van der Waals surface area contributed by atoms with Gasteiger partial charge in [-0.3, -0.25) is 14.4 Å². The van der Waals surface area contributed by atoms with Crippen molar-refractivity contribution in [2.75, 3.05) is 47.2 Å². The highest BCUT2D eigenvalue weighted by Crippen LogP contribution is 2.57. The van der Waals surface area contributed by atoms with E-state index in [-0.39, 0.29) is 109 Å². The van der Waals surface area contributed by atoms with Crippen LogP contribution in [0.25, 0.3) is 22.3 Å². The molecule has 3 aliphatic heterocycles. The van der Waals surface area contributed by atoms with Crippen LogP contribution in [-0.4, -0.2) is 109 Å². The summed E-state index contributed by atoms with van der Waals surface area (Å²) in [7, 11) is 1.67. The molecule has 3 amide bonds. The van der Waals surface area contributed by atoms with Gasteiger partial charge in [-0.25, -0.2) is 0 Å². The number of hydrogen-bond donors (Lipinski definition) is 3. The molecular formula is C45H57N7O18. The second kappa shape index (κ2) is 24.1. The van der Waals surface area contributed by atoms with Crippen LogP contribution >= 0.6 is 0 Å². The predicted octanol–water partition coefficient (Wildman–Crippen LogP) is 4.37. The van der Waals surface area contributed by atoms with Crippen molar-refractivity contribution in [3.63, 3.8) is 0 Å². The Kier molecular flexibility index (Phi) is 17.9. The van der Waals surface area contributed by atoms with E-state index in [0.717, 1.165) is 11.1 Å². The second-order valence-electron chi connectivity index (χ2n) is 17.1. The summed E-state index contributed by atoms with van der Waals surface area (Å²) in [4.78, 5) is 85.8. The second-order valence-corrected chi connectivity index (χ2v) is 17.1. The number of ether oxygens (including phenoxy) is 6. The van der Waals surface area contributed by atoms with E-state index >= 15 is 0 Å². The molecule has 4 unspecified atom stereocenters. The molecule has 3 aromatic carbocycles. The number of nitrogens with two attached hydrogens (primary N) is 1. The third-order valence-corrected chi connectivity index (χ3v) is 11.7. The number of nitrogens with zero attached hydrogens (tertiary/aromatic N) is 4. The first-order chi connectivity index (χ1) is 33.5. The molecule has 25 heteroatoms. The van der Waals surface area contributed by atoms with Gasteiger partial charge in [0, 0.05) is 72.7 Å². The maximum absolute atomic E-state index is 13.3. The predicted molar refractivity (Wildman–Crippen MR) is 243 cm³/mol. The first kappa shape index (κ1) is 51.8. The van der Waals surface area contributed by atoms with Crippen LogP contribution in [0.3, 0.4) is 0 Å². The molecule has 380 valence electrons. The molecule has 0 radical (unpaired) electrons. The first-order valence-electron chi connectivity index (χ1n) is 22.7. The van der Waals surface area contributed by atoms with Crippen molar-refractivity contribution < 1.29 is 72.6 Å². The lowest BCUT2D eigenvalue weighted by molar-refractivity contribution is -0.758. The highest BCUT2D eigenvalue weighted by molar-refractivity contribution is 5.92. The number of rotatable bonds is 28. The van der Waals surface area contributed by atoms with Crippen LogP contribution in [0.5, 0.6) is 34.5 Å². The van der Waals surface area contributed by atoms with Gasteiger partial charge in [-0.2, -0.15) is 0 Å². The highest BCUT2D eigenvalue weighted by atomic mass is 17.0. The summed E-state index contributed by atoms with van der Waals surface area (Å²) >= 11 is 0. The summed E-state index contributed by atoms with van der Waals surface area (Å²) < 4.78 is 36.7. The van der Waals surface area contributed by atoms with Crippen LogP contribution < -0.4 is 44.8 Å². The minimum Gasteiger partial charge on any atom is -0.454 e. The fourth-order valence-electron chi connectivity index (χ4n) is 8.42. The summed E-state index contributed by atoms with van der Waals surface area (Å²) in [5, 5.41) is 35.0. The molecule has 0 aromatic heterocycles. The number of amides is 3. The van der Waals surface area contributed by atoms with Crippen LogP contribution in [0, 0.1) is 30.3 Å². The van der Waals surface area contributed by atoms with E-state index in [1.54, 1.807) is 18.0 Å². The monoisotopic (exact) mass is 983 g/mol. The molecule has 6 rings (SSSR count). The van der Waals surface area contributed by atoms with Crippen LogP contribution in [-0.2, 0) is 48.2 Å². The third kappa shape index (κ3) is 13.8. The average Bonchev–Trinajstić information content (AvgIpc) is 4.10. The molecule has 3 aliphatic rings. The molecule has 4 atom stereocenters. The highest BCUT2D eigenvalue weighted by Gasteiger charge is 2.35.